The maximum absolute atomic E-state index is 12.9. The molecule has 0 saturated heterocycles. The van der Waals surface area contributed by atoms with E-state index in [1.54, 1.807) is 0 Å². The van der Waals surface area contributed by atoms with Crippen LogP contribution in [0.3, 0.4) is 0 Å². The van der Waals surface area contributed by atoms with E-state index in [0.29, 0.717) is 10.9 Å². The van der Waals surface area contributed by atoms with Crippen molar-refractivity contribution in [3.8, 4) is 0 Å². The largest absolute Gasteiger partial charge is 0.416 e. The van der Waals surface area contributed by atoms with E-state index < -0.39 is 23.7 Å². The lowest BCUT2D eigenvalue weighted by molar-refractivity contribution is -0.139. The number of rotatable bonds is 3. The lowest BCUT2D eigenvalue weighted by Gasteiger charge is -2.17. The number of nitrogens with zero attached hydrogens (tertiary/aromatic N) is 1. The topological polar surface area (TPSA) is 33.1 Å². The van der Waals surface area contributed by atoms with Crippen LogP contribution in [0, 0.1) is 5.82 Å². The number of hydrogen-bond donors (Lipinski definition) is 1. The van der Waals surface area contributed by atoms with Crippen LogP contribution in [0.2, 0.25) is 0 Å². The molecule has 0 aliphatic rings. The fourth-order valence-electron chi connectivity index (χ4n) is 1.71. The summed E-state index contributed by atoms with van der Waals surface area (Å²) >= 11 is 1.24. The summed E-state index contributed by atoms with van der Waals surface area (Å²) in [4.78, 5) is 4.44. The van der Waals surface area contributed by atoms with Gasteiger partial charge in [0.1, 0.15) is 5.82 Å². The predicted molar refractivity (Wildman–Crippen MR) is 62.2 cm³/mol. The van der Waals surface area contributed by atoms with Crippen molar-refractivity contribution in [3.63, 3.8) is 0 Å². The number of alkyl halides is 3. The number of hydrogen-bond acceptors (Lipinski definition) is 3. The van der Waals surface area contributed by atoms with E-state index in [0.717, 1.165) is 12.1 Å². The molecule has 7 heteroatoms. The smallest absolute Gasteiger partial charge is 0.388 e. The molecule has 0 aliphatic heterocycles. The van der Waals surface area contributed by atoms with Crippen LogP contribution in [0.1, 0.15) is 22.1 Å². The van der Waals surface area contributed by atoms with Crippen LogP contribution in [-0.2, 0) is 12.6 Å². The Balaban J connectivity index is 2.33. The molecule has 2 rings (SSSR count). The lowest BCUT2D eigenvalue weighted by atomic mass is 9.99. The average Bonchev–Trinajstić information content (AvgIpc) is 2.80. The molecular weight excluding hydrogens is 282 g/mol. The highest BCUT2D eigenvalue weighted by atomic mass is 32.1. The van der Waals surface area contributed by atoms with Crippen molar-refractivity contribution < 1.29 is 22.7 Å². The van der Waals surface area contributed by atoms with E-state index >= 15 is 0 Å². The van der Waals surface area contributed by atoms with Crippen LogP contribution in [0.25, 0.3) is 0 Å². The van der Waals surface area contributed by atoms with Crippen molar-refractivity contribution in [2.75, 3.05) is 0 Å². The van der Waals surface area contributed by atoms with Crippen molar-refractivity contribution in [1.82, 2.24) is 4.98 Å². The normalized spacial score (nSPS) is 13.5. The van der Waals surface area contributed by atoms with Crippen molar-refractivity contribution in [1.29, 1.82) is 0 Å². The first-order chi connectivity index (χ1) is 8.88. The highest BCUT2D eigenvalue weighted by Crippen LogP contribution is 2.36. The van der Waals surface area contributed by atoms with Crippen molar-refractivity contribution in [3.05, 3.63) is 51.7 Å². The zero-order valence-corrected chi connectivity index (χ0v) is 10.3. The zero-order chi connectivity index (χ0) is 14.0. The van der Waals surface area contributed by atoms with Gasteiger partial charge in [-0.25, -0.2) is 4.39 Å². The summed E-state index contributed by atoms with van der Waals surface area (Å²) < 4.78 is 51.3. The number of thiazole rings is 1. The third kappa shape index (κ3) is 3.30. The first-order valence-electron chi connectivity index (χ1n) is 5.30. The summed E-state index contributed by atoms with van der Waals surface area (Å²) in [6, 6.07) is 2.26. The van der Waals surface area contributed by atoms with Gasteiger partial charge in [-0.15, -0.1) is 11.3 Å². The maximum Gasteiger partial charge on any atom is 0.416 e. The van der Waals surface area contributed by atoms with Gasteiger partial charge in [0.15, 0.2) is 0 Å². The third-order valence-electron chi connectivity index (χ3n) is 2.56. The summed E-state index contributed by atoms with van der Waals surface area (Å²) in [5.74, 6) is -0.985. The van der Waals surface area contributed by atoms with Gasteiger partial charge in [0.2, 0.25) is 0 Å². The molecule has 0 fully saturated rings. The SMILES string of the molecule is OC(Cc1cncs1)c1ccc(F)cc1C(F)(F)F. The van der Waals surface area contributed by atoms with Gasteiger partial charge in [-0.3, -0.25) is 4.98 Å². The van der Waals surface area contributed by atoms with Gasteiger partial charge in [-0.05, 0) is 17.7 Å². The minimum Gasteiger partial charge on any atom is -0.388 e. The van der Waals surface area contributed by atoms with Crippen LogP contribution in [0.4, 0.5) is 17.6 Å². The molecule has 102 valence electrons. The summed E-state index contributed by atoms with van der Waals surface area (Å²) in [7, 11) is 0. The van der Waals surface area contributed by atoms with Gasteiger partial charge in [-0.1, -0.05) is 6.07 Å². The number of benzene rings is 1. The zero-order valence-electron chi connectivity index (χ0n) is 9.49. The molecule has 0 saturated carbocycles. The molecule has 1 atom stereocenters. The van der Waals surface area contributed by atoms with Gasteiger partial charge in [0.25, 0.3) is 0 Å². The molecule has 1 aromatic carbocycles. The van der Waals surface area contributed by atoms with Gasteiger partial charge in [0, 0.05) is 17.5 Å². The summed E-state index contributed by atoms with van der Waals surface area (Å²) in [6.45, 7) is 0. The summed E-state index contributed by atoms with van der Waals surface area (Å²) in [5.41, 5.74) is 0.0454. The van der Waals surface area contributed by atoms with Crippen molar-refractivity contribution in [2.45, 2.75) is 18.7 Å². The van der Waals surface area contributed by atoms with Crippen LogP contribution in [-0.4, -0.2) is 10.1 Å². The molecule has 2 aromatic rings. The Bertz CT molecular complexity index is 553. The van der Waals surface area contributed by atoms with Gasteiger partial charge < -0.3 is 5.11 Å². The molecule has 2 nitrogen and oxygen atoms in total. The second-order valence-electron chi connectivity index (χ2n) is 3.92. The van der Waals surface area contributed by atoms with E-state index in [9.17, 15) is 22.7 Å². The second-order valence-corrected chi connectivity index (χ2v) is 4.89. The summed E-state index contributed by atoms with van der Waals surface area (Å²) in [5, 5.41) is 9.88. The van der Waals surface area contributed by atoms with Gasteiger partial charge >= 0.3 is 6.18 Å². The highest BCUT2D eigenvalue weighted by molar-refractivity contribution is 7.09. The van der Waals surface area contributed by atoms with Crippen LogP contribution >= 0.6 is 11.3 Å². The Labute approximate surface area is 110 Å². The molecule has 0 radical (unpaired) electrons. The highest BCUT2D eigenvalue weighted by Gasteiger charge is 2.35. The van der Waals surface area contributed by atoms with E-state index in [-0.39, 0.29) is 12.0 Å². The number of aliphatic hydroxyl groups is 1. The minimum atomic E-state index is -4.70. The number of aromatic nitrogens is 1. The Hall–Kier alpha value is -1.47. The first-order valence-corrected chi connectivity index (χ1v) is 6.18. The monoisotopic (exact) mass is 291 g/mol. The average molecular weight is 291 g/mol. The molecule has 19 heavy (non-hydrogen) atoms. The van der Waals surface area contributed by atoms with Crippen molar-refractivity contribution >= 4 is 11.3 Å². The number of halogens is 4. The standard InChI is InChI=1S/C12H9F4NOS/c13-7-1-2-9(10(3-7)12(14,15)16)11(18)4-8-5-17-6-19-8/h1-3,5-6,11,18H,4H2. The molecule has 1 aromatic heterocycles. The fraction of sp³-hybridized carbons (Fsp3) is 0.250. The third-order valence-corrected chi connectivity index (χ3v) is 3.36. The quantitative estimate of drug-likeness (QED) is 0.877. The lowest BCUT2D eigenvalue weighted by Crippen LogP contribution is -2.13. The molecular formula is C12H9F4NOS. The number of aliphatic hydroxyl groups excluding tert-OH is 1. The molecule has 1 unspecified atom stereocenters. The first kappa shape index (κ1) is 14.0. The molecule has 0 bridgehead atoms. The van der Waals surface area contributed by atoms with Crippen molar-refractivity contribution in [2.24, 2.45) is 0 Å². The van der Waals surface area contributed by atoms with Gasteiger partial charge in [0.05, 0.1) is 17.2 Å². The summed E-state index contributed by atoms with van der Waals surface area (Å²) in [6.07, 6.45) is -4.56. The Morgan fingerprint density at radius 2 is 2.05 bits per heavy atom. The molecule has 1 N–H and O–H groups in total. The maximum atomic E-state index is 12.9. The molecule has 0 spiro atoms. The molecule has 1 heterocycles. The minimum absolute atomic E-state index is 0.0133. The fourth-order valence-corrected chi connectivity index (χ4v) is 2.34. The van der Waals surface area contributed by atoms with E-state index in [1.165, 1.54) is 23.0 Å². The van der Waals surface area contributed by atoms with Crippen LogP contribution in [0.15, 0.2) is 29.9 Å². The van der Waals surface area contributed by atoms with Crippen LogP contribution in [0.5, 0.6) is 0 Å². The van der Waals surface area contributed by atoms with E-state index in [4.69, 9.17) is 0 Å². The Morgan fingerprint density at radius 3 is 2.63 bits per heavy atom. The predicted octanol–water partition coefficient (Wildman–Crippen LogP) is 3.58. The molecule has 0 aliphatic carbocycles. The van der Waals surface area contributed by atoms with Crippen LogP contribution < -0.4 is 0 Å². The molecule has 0 amide bonds. The van der Waals surface area contributed by atoms with E-state index in [2.05, 4.69) is 4.98 Å². The second kappa shape index (κ2) is 5.26. The van der Waals surface area contributed by atoms with Gasteiger partial charge in [-0.2, -0.15) is 13.2 Å². The Morgan fingerprint density at radius 1 is 1.32 bits per heavy atom. The Kier molecular flexibility index (Phi) is 3.86. The van der Waals surface area contributed by atoms with E-state index in [1.807, 2.05) is 0 Å².